The number of para-hydroxylation sites is 1. The van der Waals surface area contributed by atoms with E-state index >= 15 is 0 Å². The van der Waals surface area contributed by atoms with Crippen molar-refractivity contribution in [1.82, 2.24) is 4.98 Å². The lowest BCUT2D eigenvalue weighted by Crippen LogP contribution is -2.26. The Labute approximate surface area is 131 Å². The van der Waals surface area contributed by atoms with Gasteiger partial charge in [-0.05, 0) is 31.2 Å². The van der Waals surface area contributed by atoms with Crippen LogP contribution >= 0.6 is 22.9 Å². The molecule has 0 spiro atoms. The molecule has 1 aromatic heterocycles. The lowest BCUT2D eigenvalue weighted by molar-refractivity contribution is -0.115. The topological polar surface area (TPSA) is 33.2 Å². The number of benzene rings is 2. The summed E-state index contributed by atoms with van der Waals surface area (Å²) < 4.78 is 1.05. The number of fused-ring (bicyclic) bond motifs is 1. The van der Waals surface area contributed by atoms with Crippen molar-refractivity contribution in [3.8, 4) is 0 Å². The van der Waals surface area contributed by atoms with E-state index in [1.54, 1.807) is 4.90 Å². The van der Waals surface area contributed by atoms with Gasteiger partial charge in [0.15, 0.2) is 5.13 Å². The number of hydrogen-bond donors (Lipinski definition) is 0. The second-order valence-corrected chi connectivity index (χ2v) is 5.94. The number of halogens is 1. The number of thiazole rings is 1. The van der Waals surface area contributed by atoms with E-state index in [0.29, 0.717) is 5.13 Å². The van der Waals surface area contributed by atoms with Crippen molar-refractivity contribution >= 4 is 49.9 Å². The second kappa shape index (κ2) is 5.84. The number of nitrogens with zero attached hydrogens (tertiary/aromatic N) is 2. The maximum absolute atomic E-state index is 12.2. The lowest BCUT2D eigenvalue weighted by atomic mass is 10.2. The molecule has 0 unspecified atom stereocenters. The summed E-state index contributed by atoms with van der Waals surface area (Å²) in [4.78, 5) is 18.4. The first-order valence-electron chi connectivity index (χ1n) is 6.50. The highest BCUT2D eigenvalue weighted by atomic mass is 35.5. The minimum atomic E-state index is -0.181. The van der Waals surface area contributed by atoms with Crippen LogP contribution in [0.4, 0.5) is 10.8 Å². The Kier molecular flexibility index (Phi) is 3.90. The van der Waals surface area contributed by atoms with E-state index in [9.17, 15) is 4.79 Å². The van der Waals surface area contributed by atoms with Gasteiger partial charge in [0.25, 0.3) is 0 Å². The molecule has 0 fully saturated rings. The fourth-order valence-electron chi connectivity index (χ4n) is 2.07. The van der Waals surface area contributed by atoms with E-state index in [2.05, 4.69) is 4.98 Å². The first-order valence-corrected chi connectivity index (χ1v) is 7.85. The highest BCUT2D eigenvalue weighted by Crippen LogP contribution is 2.33. The minimum Gasteiger partial charge on any atom is -0.273 e. The Morgan fingerprint density at radius 1 is 1.19 bits per heavy atom. The summed E-state index contributed by atoms with van der Waals surface area (Å²) in [6.07, 6.45) is 0. The number of aromatic nitrogens is 1. The molecular weight excluding hydrogens is 304 g/mol. The average molecular weight is 317 g/mol. The Morgan fingerprint density at radius 3 is 2.57 bits per heavy atom. The van der Waals surface area contributed by atoms with Gasteiger partial charge in [-0.3, -0.25) is 9.69 Å². The number of carbonyl (C=O) groups is 1. The van der Waals surface area contributed by atoms with Crippen LogP contribution < -0.4 is 4.90 Å². The number of hydrogen-bond acceptors (Lipinski definition) is 3. The standard InChI is InChI=1S/C16H13ClN2OS/c1-11-6-8-12(9-7-11)19(15(20)10-17)16-18-13-4-2-3-5-14(13)21-16/h2-9H,10H2,1H3. The molecule has 3 nitrogen and oxygen atoms in total. The molecule has 0 bridgehead atoms. The molecule has 0 aliphatic rings. The summed E-state index contributed by atoms with van der Waals surface area (Å²) in [6, 6.07) is 15.6. The van der Waals surface area contributed by atoms with Crippen LogP contribution in [-0.2, 0) is 4.79 Å². The lowest BCUT2D eigenvalue weighted by Gasteiger charge is -2.18. The van der Waals surface area contributed by atoms with Crippen molar-refractivity contribution in [3.63, 3.8) is 0 Å². The molecule has 0 radical (unpaired) electrons. The van der Waals surface area contributed by atoms with Crippen LogP contribution in [0.3, 0.4) is 0 Å². The second-order valence-electron chi connectivity index (χ2n) is 4.66. The third kappa shape index (κ3) is 2.77. The normalized spacial score (nSPS) is 10.8. The van der Waals surface area contributed by atoms with Gasteiger partial charge in [-0.2, -0.15) is 0 Å². The highest BCUT2D eigenvalue weighted by Gasteiger charge is 2.20. The fourth-order valence-corrected chi connectivity index (χ4v) is 3.19. The SMILES string of the molecule is Cc1ccc(N(C(=O)CCl)c2nc3ccccc3s2)cc1. The predicted molar refractivity (Wildman–Crippen MR) is 88.7 cm³/mol. The molecule has 2 aromatic carbocycles. The van der Waals surface area contributed by atoms with Gasteiger partial charge in [-0.15, -0.1) is 11.6 Å². The smallest absolute Gasteiger partial charge is 0.248 e. The van der Waals surface area contributed by atoms with Crippen LogP contribution in [0.1, 0.15) is 5.56 Å². The van der Waals surface area contributed by atoms with E-state index in [1.807, 2.05) is 55.5 Å². The van der Waals surface area contributed by atoms with Gasteiger partial charge in [0.05, 0.1) is 15.9 Å². The van der Waals surface area contributed by atoms with Crippen LogP contribution in [0, 0.1) is 6.92 Å². The number of carbonyl (C=O) groups excluding carboxylic acids is 1. The first kappa shape index (κ1) is 14.0. The fraction of sp³-hybridized carbons (Fsp3) is 0.125. The molecule has 5 heteroatoms. The van der Waals surface area contributed by atoms with E-state index in [0.717, 1.165) is 21.5 Å². The van der Waals surface area contributed by atoms with Crippen molar-refractivity contribution < 1.29 is 4.79 Å². The summed E-state index contributed by atoms with van der Waals surface area (Å²) in [5.74, 6) is -0.261. The third-order valence-corrected chi connectivity index (χ3v) is 4.38. The summed E-state index contributed by atoms with van der Waals surface area (Å²) in [5.41, 5.74) is 2.81. The van der Waals surface area contributed by atoms with Gasteiger partial charge in [-0.1, -0.05) is 41.2 Å². The van der Waals surface area contributed by atoms with Crippen LogP contribution in [0.15, 0.2) is 48.5 Å². The number of amides is 1. The quantitative estimate of drug-likeness (QED) is 0.666. The third-order valence-electron chi connectivity index (χ3n) is 3.13. The monoisotopic (exact) mass is 316 g/mol. The molecule has 0 saturated heterocycles. The van der Waals surface area contributed by atoms with E-state index < -0.39 is 0 Å². The van der Waals surface area contributed by atoms with Gasteiger partial charge in [0.1, 0.15) is 5.88 Å². The van der Waals surface area contributed by atoms with Gasteiger partial charge < -0.3 is 0 Å². The molecular formula is C16H13ClN2OS. The van der Waals surface area contributed by atoms with Crippen molar-refractivity contribution in [2.24, 2.45) is 0 Å². The minimum absolute atomic E-state index is 0.0796. The zero-order chi connectivity index (χ0) is 14.8. The van der Waals surface area contributed by atoms with Crippen molar-refractivity contribution in [1.29, 1.82) is 0 Å². The Bertz CT molecular complexity index is 749. The summed E-state index contributed by atoms with van der Waals surface area (Å²) >= 11 is 7.25. The van der Waals surface area contributed by atoms with Crippen molar-refractivity contribution in [2.45, 2.75) is 6.92 Å². The summed E-state index contributed by atoms with van der Waals surface area (Å²) in [6.45, 7) is 2.01. The molecule has 21 heavy (non-hydrogen) atoms. The van der Waals surface area contributed by atoms with Crippen LogP contribution in [0.25, 0.3) is 10.2 Å². The zero-order valence-corrected chi connectivity index (χ0v) is 13.0. The number of rotatable bonds is 3. The van der Waals surface area contributed by atoms with E-state index in [-0.39, 0.29) is 11.8 Å². The van der Waals surface area contributed by atoms with Crippen LogP contribution in [-0.4, -0.2) is 16.8 Å². The number of aryl methyl sites for hydroxylation is 1. The highest BCUT2D eigenvalue weighted by molar-refractivity contribution is 7.22. The van der Waals surface area contributed by atoms with Gasteiger partial charge in [0, 0.05) is 0 Å². The molecule has 0 aliphatic carbocycles. The zero-order valence-electron chi connectivity index (χ0n) is 11.4. The Hall–Kier alpha value is -1.91. The molecule has 0 saturated carbocycles. The van der Waals surface area contributed by atoms with Crippen LogP contribution in [0.2, 0.25) is 0 Å². The molecule has 3 rings (SSSR count). The van der Waals surface area contributed by atoms with Crippen molar-refractivity contribution in [2.75, 3.05) is 10.8 Å². The Morgan fingerprint density at radius 2 is 1.90 bits per heavy atom. The summed E-state index contributed by atoms with van der Waals surface area (Å²) in [7, 11) is 0. The molecule has 3 aromatic rings. The van der Waals surface area contributed by atoms with E-state index in [1.165, 1.54) is 11.3 Å². The van der Waals surface area contributed by atoms with Gasteiger partial charge in [0.2, 0.25) is 5.91 Å². The predicted octanol–water partition coefficient (Wildman–Crippen LogP) is 4.51. The van der Waals surface area contributed by atoms with Gasteiger partial charge >= 0.3 is 0 Å². The van der Waals surface area contributed by atoms with Crippen molar-refractivity contribution in [3.05, 3.63) is 54.1 Å². The molecule has 0 atom stereocenters. The first-order chi connectivity index (χ1) is 10.2. The van der Waals surface area contributed by atoms with E-state index in [4.69, 9.17) is 11.6 Å². The van der Waals surface area contributed by atoms with Crippen LogP contribution in [0.5, 0.6) is 0 Å². The number of alkyl halides is 1. The molecule has 1 amide bonds. The van der Waals surface area contributed by atoms with Gasteiger partial charge in [-0.25, -0.2) is 4.98 Å². The maximum atomic E-state index is 12.2. The molecule has 1 heterocycles. The maximum Gasteiger partial charge on any atom is 0.248 e. The summed E-state index contributed by atoms with van der Waals surface area (Å²) in [5, 5.41) is 0.644. The average Bonchev–Trinajstić information content (AvgIpc) is 2.92. The largest absolute Gasteiger partial charge is 0.273 e. The Balaban J connectivity index is 2.10. The molecule has 0 N–H and O–H groups in total. The number of anilines is 2. The molecule has 106 valence electrons. The molecule has 0 aliphatic heterocycles.